The summed E-state index contributed by atoms with van der Waals surface area (Å²) in [5.41, 5.74) is 4.90. The quantitative estimate of drug-likeness (QED) is 0.261. The van der Waals surface area contributed by atoms with Crippen molar-refractivity contribution in [1.82, 2.24) is 10.3 Å². The van der Waals surface area contributed by atoms with E-state index < -0.39 is 5.60 Å². The lowest BCUT2D eigenvalue weighted by atomic mass is 9.33. The van der Waals surface area contributed by atoms with Gasteiger partial charge in [0.25, 0.3) is 0 Å². The zero-order valence-corrected chi connectivity index (χ0v) is 35.5. The Morgan fingerprint density at radius 3 is 2.46 bits per heavy atom. The molecule has 296 valence electrons. The summed E-state index contributed by atoms with van der Waals surface area (Å²) < 4.78 is 6.07. The summed E-state index contributed by atoms with van der Waals surface area (Å²) in [6.07, 6.45) is 31.3. The van der Waals surface area contributed by atoms with Crippen LogP contribution >= 0.6 is 11.8 Å². The summed E-state index contributed by atoms with van der Waals surface area (Å²) >= 11 is 1.99. The first-order valence-corrected chi connectivity index (χ1v) is 23.5. The van der Waals surface area contributed by atoms with Crippen LogP contribution in [0.5, 0.6) is 5.88 Å². The van der Waals surface area contributed by atoms with Crippen LogP contribution in [-0.4, -0.2) is 45.9 Å². The average Bonchev–Trinajstić information content (AvgIpc) is 3.59. The third-order valence-electron chi connectivity index (χ3n) is 18.4. The maximum atomic E-state index is 11.5. The van der Waals surface area contributed by atoms with Crippen LogP contribution in [0.1, 0.15) is 156 Å². The lowest BCUT2D eigenvalue weighted by molar-refractivity contribution is -0.218. The molecule has 0 amide bonds. The molecule has 0 spiro atoms. The summed E-state index contributed by atoms with van der Waals surface area (Å²) in [6.45, 7) is 15.1. The minimum atomic E-state index is -0.454. The van der Waals surface area contributed by atoms with Gasteiger partial charge in [0.2, 0.25) is 5.88 Å². The van der Waals surface area contributed by atoms with E-state index in [1.165, 1.54) is 77.0 Å². The van der Waals surface area contributed by atoms with Crippen LogP contribution in [0.25, 0.3) is 0 Å². The van der Waals surface area contributed by atoms with E-state index in [2.05, 4.69) is 69.4 Å². The van der Waals surface area contributed by atoms with Crippen molar-refractivity contribution in [3.63, 3.8) is 0 Å². The second-order valence-corrected chi connectivity index (χ2v) is 22.0. The molecule has 8 rings (SSSR count). The number of thioether (sulfide) groups is 1. The van der Waals surface area contributed by atoms with Crippen molar-refractivity contribution in [2.24, 2.45) is 51.2 Å². The van der Waals surface area contributed by atoms with Gasteiger partial charge in [-0.25, -0.2) is 4.98 Å². The Hall–Kier alpha value is -1.81. The number of aromatic nitrogens is 1. The van der Waals surface area contributed by atoms with Crippen molar-refractivity contribution in [3.8, 4) is 11.9 Å². The monoisotopic (exact) mass is 754 g/mol. The predicted octanol–water partition coefficient (Wildman–Crippen LogP) is 11.2. The number of rotatable bonds is 9. The van der Waals surface area contributed by atoms with Crippen molar-refractivity contribution in [3.05, 3.63) is 47.2 Å². The molecule has 7 aliphatic carbocycles. The molecular weight excluding hydrogens is 683 g/mol. The van der Waals surface area contributed by atoms with Gasteiger partial charge in [-0.05, 0) is 196 Å². The number of nitriles is 1. The van der Waals surface area contributed by atoms with Gasteiger partial charge in [0.15, 0.2) is 0 Å². The van der Waals surface area contributed by atoms with Crippen LogP contribution in [0.3, 0.4) is 0 Å². The van der Waals surface area contributed by atoms with Gasteiger partial charge in [0.1, 0.15) is 11.6 Å². The number of ether oxygens (including phenoxy) is 1. The highest BCUT2D eigenvalue weighted by Gasteiger charge is 2.69. The lowest BCUT2D eigenvalue weighted by Crippen LogP contribution is -2.67. The molecule has 0 radical (unpaired) electrons. The summed E-state index contributed by atoms with van der Waals surface area (Å²) in [7, 11) is 0. The molecule has 54 heavy (non-hydrogen) atoms. The average molecular weight is 754 g/mol. The van der Waals surface area contributed by atoms with Gasteiger partial charge in [0, 0.05) is 17.0 Å². The highest BCUT2D eigenvalue weighted by atomic mass is 32.2. The zero-order chi connectivity index (χ0) is 38.0. The van der Waals surface area contributed by atoms with Crippen molar-refractivity contribution < 1.29 is 9.84 Å². The van der Waals surface area contributed by atoms with Gasteiger partial charge in [-0.15, -0.1) is 0 Å². The van der Waals surface area contributed by atoms with Crippen molar-refractivity contribution in [2.45, 2.75) is 167 Å². The van der Waals surface area contributed by atoms with Gasteiger partial charge in [-0.1, -0.05) is 53.2 Å². The van der Waals surface area contributed by atoms with E-state index in [1.54, 1.807) is 29.5 Å². The first kappa shape index (κ1) is 39.0. The Balaban J connectivity index is 0.946. The molecule has 5 fully saturated rings. The number of allylic oxidation sites excluding steroid dienone is 4. The second-order valence-electron chi connectivity index (χ2n) is 20.9. The topological polar surface area (TPSA) is 78.2 Å². The fourth-order valence-corrected chi connectivity index (χ4v) is 16.0. The first-order valence-electron chi connectivity index (χ1n) is 22.2. The number of nitrogens with zero attached hydrogens (tertiary/aromatic N) is 2. The number of aliphatic hydroxyl groups is 1. The van der Waals surface area contributed by atoms with Crippen molar-refractivity contribution in [1.29, 1.82) is 5.26 Å². The third kappa shape index (κ3) is 6.36. The molecule has 5 nitrogen and oxygen atoms in total. The molecular formula is C48H71N3O2S. The van der Waals surface area contributed by atoms with Gasteiger partial charge >= 0.3 is 0 Å². The van der Waals surface area contributed by atoms with Gasteiger partial charge in [-0.3, -0.25) is 0 Å². The second kappa shape index (κ2) is 14.5. The van der Waals surface area contributed by atoms with E-state index in [4.69, 9.17) is 4.74 Å². The van der Waals surface area contributed by atoms with E-state index in [0.717, 1.165) is 68.1 Å². The van der Waals surface area contributed by atoms with Gasteiger partial charge < -0.3 is 15.2 Å². The van der Waals surface area contributed by atoms with Crippen molar-refractivity contribution in [2.75, 3.05) is 19.4 Å². The molecule has 1 aromatic rings. The molecule has 2 N–H and O–H groups in total. The number of fused-ring (bicyclic) bond motifs is 7. The number of hydrogen-bond donors (Lipinski definition) is 2. The Morgan fingerprint density at radius 2 is 1.72 bits per heavy atom. The molecule has 6 heteroatoms. The SMILES string of the molecule is CS[C@H]1CC[C@](O)(CCNC23CCC[C@@H]2C2CCC4C5(C)CC=C(C6=CCC(COc7ncccc7C#N)CC6)C(C)(C)C5CCC4(C)[C@]2(C)CC3)CC1. The molecule has 0 bridgehead atoms. The molecule has 9 atom stereocenters. The van der Waals surface area contributed by atoms with Crippen LogP contribution in [0.4, 0.5) is 0 Å². The third-order valence-corrected chi connectivity index (χ3v) is 19.6. The molecule has 0 aromatic carbocycles. The van der Waals surface area contributed by atoms with Gasteiger partial charge in [0.05, 0.1) is 12.2 Å². The molecule has 5 saturated carbocycles. The van der Waals surface area contributed by atoms with Crippen LogP contribution in [0, 0.1) is 62.6 Å². The smallest absolute Gasteiger partial charge is 0.231 e. The lowest BCUT2D eigenvalue weighted by Gasteiger charge is -2.72. The Morgan fingerprint density at radius 1 is 0.907 bits per heavy atom. The van der Waals surface area contributed by atoms with Crippen LogP contribution < -0.4 is 10.1 Å². The van der Waals surface area contributed by atoms with E-state index >= 15 is 0 Å². The number of hydrogen-bond acceptors (Lipinski definition) is 6. The summed E-state index contributed by atoms with van der Waals surface area (Å²) in [4.78, 5) is 4.31. The Kier molecular flexibility index (Phi) is 10.5. The molecule has 1 aromatic heterocycles. The normalized spacial score (nSPS) is 44.0. The number of pyridine rings is 1. The zero-order valence-electron chi connectivity index (χ0n) is 34.7. The fourth-order valence-electron chi connectivity index (χ4n) is 15.3. The molecule has 0 aliphatic heterocycles. The minimum absolute atomic E-state index is 0.173. The van der Waals surface area contributed by atoms with Crippen LogP contribution in [0.15, 0.2) is 41.6 Å². The van der Waals surface area contributed by atoms with Gasteiger partial charge in [-0.2, -0.15) is 17.0 Å². The number of nitrogens with one attached hydrogen (secondary N) is 1. The Labute approximate surface area is 332 Å². The highest BCUT2D eigenvalue weighted by molar-refractivity contribution is 7.99. The largest absolute Gasteiger partial charge is 0.476 e. The maximum Gasteiger partial charge on any atom is 0.231 e. The summed E-state index contributed by atoms with van der Waals surface area (Å²) in [5, 5.41) is 25.9. The fraction of sp³-hybridized carbons (Fsp3) is 0.792. The maximum absolute atomic E-state index is 11.5. The molecule has 1 heterocycles. The molecule has 7 aliphatic rings. The van der Waals surface area contributed by atoms with Crippen LogP contribution in [0.2, 0.25) is 0 Å². The highest BCUT2D eigenvalue weighted by Crippen LogP contribution is 2.76. The van der Waals surface area contributed by atoms with E-state index in [9.17, 15) is 10.4 Å². The van der Waals surface area contributed by atoms with Crippen LogP contribution in [-0.2, 0) is 0 Å². The predicted molar refractivity (Wildman–Crippen MR) is 222 cm³/mol. The van der Waals surface area contributed by atoms with E-state index in [-0.39, 0.29) is 5.41 Å². The summed E-state index contributed by atoms with van der Waals surface area (Å²) in [5.74, 6) is 4.04. The standard InChI is InChI=1S/C48H71N3O2S/c1-43(2)37(34-13-11-33(12-14-34)32-53-42-35(31-49)9-8-29-50-42)19-22-44(3)40(43)20-23-46(5)41(44)16-15-38-39-10-7-21-48(39,27-26-45(38,46)4)51-30-28-47(52)24-17-36(54-6)18-25-47/h8-9,13,19,29,33,36,38-41,51-52H,7,10-12,14-18,20-28,30,32H2,1-6H3/t33?,36-,38?,39-,40?,41?,44?,45-,46?,47+,48?/m1/s1. The van der Waals surface area contributed by atoms with E-state index in [0.29, 0.717) is 51.7 Å². The van der Waals surface area contributed by atoms with Crippen molar-refractivity contribution >= 4 is 11.8 Å². The minimum Gasteiger partial charge on any atom is -0.476 e. The molecule has 7 unspecified atom stereocenters. The summed E-state index contributed by atoms with van der Waals surface area (Å²) in [6, 6.07) is 5.80. The van der Waals surface area contributed by atoms with E-state index in [1.807, 2.05) is 11.8 Å². The molecule has 0 saturated heterocycles. The first-order chi connectivity index (χ1) is 25.8. The Bertz CT molecular complexity index is 1650.